The number of hydrogen-bond donors (Lipinski definition) is 2. The molecular formula is C12H17FN2O2S. The number of sulfonamides is 1. The van der Waals surface area contributed by atoms with Gasteiger partial charge < -0.3 is 5.73 Å². The molecule has 1 aliphatic carbocycles. The van der Waals surface area contributed by atoms with E-state index in [4.69, 9.17) is 5.73 Å². The van der Waals surface area contributed by atoms with Crippen molar-refractivity contribution in [2.45, 2.75) is 31.2 Å². The fourth-order valence-corrected chi connectivity index (χ4v) is 2.94. The summed E-state index contributed by atoms with van der Waals surface area (Å²) in [4.78, 5) is -0.324. The summed E-state index contributed by atoms with van der Waals surface area (Å²) in [6.45, 7) is 2.53. The maximum atomic E-state index is 13.6. The SMILES string of the molecule is CC1(CNS(=O)(=O)c2cc(CN)ccc2F)CC1. The van der Waals surface area contributed by atoms with Crippen LogP contribution in [0.5, 0.6) is 0 Å². The molecule has 0 aliphatic heterocycles. The molecule has 2 rings (SSSR count). The van der Waals surface area contributed by atoms with Crippen molar-refractivity contribution in [1.29, 1.82) is 0 Å². The Labute approximate surface area is 106 Å². The number of nitrogens with two attached hydrogens (primary N) is 1. The smallest absolute Gasteiger partial charge is 0.243 e. The molecule has 0 unspecified atom stereocenters. The van der Waals surface area contributed by atoms with Crippen molar-refractivity contribution < 1.29 is 12.8 Å². The highest BCUT2D eigenvalue weighted by Crippen LogP contribution is 2.44. The second-order valence-electron chi connectivity index (χ2n) is 5.10. The predicted octanol–water partition coefficient (Wildman–Crippen LogP) is 1.36. The lowest BCUT2D eigenvalue weighted by Gasteiger charge is -2.12. The van der Waals surface area contributed by atoms with Crippen molar-refractivity contribution >= 4 is 10.0 Å². The van der Waals surface area contributed by atoms with Crippen LogP contribution in [-0.2, 0) is 16.6 Å². The largest absolute Gasteiger partial charge is 0.326 e. The zero-order valence-corrected chi connectivity index (χ0v) is 11.1. The summed E-state index contributed by atoms with van der Waals surface area (Å²) in [7, 11) is -3.80. The molecule has 6 heteroatoms. The summed E-state index contributed by atoms with van der Waals surface area (Å²) < 4.78 is 40.0. The Bertz CT molecular complexity index is 553. The summed E-state index contributed by atoms with van der Waals surface area (Å²) in [5.74, 6) is -0.749. The van der Waals surface area contributed by atoms with Crippen molar-refractivity contribution in [3.8, 4) is 0 Å². The minimum Gasteiger partial charge on any atom is -0.326 e. The maximum absolute atomic E-state index is 13.6. The van der Waals surface area contributed by atoms with Crippen LogP contribution in [-0.4, -0.2) is 15.0 Å². The van der Waals surface area contributed by atoms with E-state index in [1.165, 1.54) is 12.1 Å². The number of rotatable bonds is 5. The molecule has 3 N–H and O–H groups in total. The van der Waals surface area contributed by atoms with E-state index in [-0.39, 0.29) is 16.9 Å². The van der Waals surface area contributed by atoms with Crippen LogP contribution < -0.4 is 10.5 Å². The molecule has 1 fully saturated rings. The zero-order valence-electron chi connectivity index (χ0n) is 10.2. The fraction of sp³-hybridized carbons (Fsp3) is 0.500. The highest BCUT2D eigenvalue weighted by atomic mass is 32.2. The summed E-state index contributed by atoms with van der Waals surface area (Å²) >= 11 is 0. The monoisotopic (exact) mass is 272 g/mol. The van der Waals surface area contributed by atoms with Crippen LogP contribution >= 0.6 is 0 Å². The number of halogens is 1. The lowest BCUT2D eigenvalue weighted by atomic mass is 10.2. The minimum absolute atomic E-state index is 0.0367. The summed E-state index contributed by atoms with van der Waals surface area (Å²) in [6, 6.07) is 3.90. The van der Waals surface area contributed by atoms with Gasteiger partial charge >= 0.3 is 0 Å². The van der Waals surface area contributed by atoms with Crippen molar-refractivity contribution in [3.05, 3.63) is 29.6 Å². The predicted molar refractivity (Wildman–Crippen MR) is 66.8 cm³/mol. The van der Waals surface area contributed by atoms with Gasteiger partial charge in [-0.3, -0.25) is 0 Å². The van der Waals surface area contributed by atoms with Gasteiger partial charge in [-0.25, -0.2) is 17.5 Å². The second kappa shape index (κ2) is 4.60. The first-order valence-electron chi connectivity index (χ1n) is 5.84. The Morgan fingerprint density at radius 1 is 1.44 bits per heavy atom. The molecule has 0 bridgehead atoms. The third-order valence-corrected chi connectivity index (χ3v) is 4.73. The summed E-state index contributed by atoms with van der Waals surface area (Å²) in [6.07, 6.45) is 2.00. The third-order valence-electron chi connectivity index (χ3n) is 3.31. The van der Waals surface area contributed by atoms with Crippen LogP contribution in [0, 0.1) is 11.2 Å². The molecule has 1 aromatic rings. The molecule has 0 radical (unpaired) electrons. The van der Waals surface area contributed by atoms with E-state index in [9.17, 15) is 12.8 Å². The highest BCUT2D eigenvalue weighted by Gasteiger charge is 2.38. The lowest BCUT2D eigenvalue weighted by molar-refractivity contribution is 0.522. The van der Waals surface area contributed by atoms with Gasteiger partial charge in [0.15, 0.2) is 0 Å². The van der Waals surface area contributed by atoms with Gasteiger partial charge in [0.1, 0.15) is 10.7 Å². The average Bonchev–Trinajstić information content (AvgIpc) is 3.06. The van der Waals surface area contributed by atoms with Gasteiger partial charge in [0.2, 0.25) is 10.0 Å². The van der Waals surface area contributed by atoms with Crippen molar-refractivity contribution in [2.75, 3.05) is 6.54 Å². The van der Waals surface area contributed by atoms with Crippen LogP contribution in [0.4, 0.5) is 4.39 Å². The van der Waals surface area contributed by atoms with Crippen LogP contribution in [0.25, 0.3) is 0 Å². The van der Waals surface area contributed by atoms with Gasteiger partial charge in [0.05, 0.1) is 0 Å². The average molecular weight is 272 g/mol. The molecule has 1 aromatic carbocycles. The molecule has 0 aromatic heterocycles. The molecular weight excluding hydrogens is 255 g/mol. The highest BCUT2D eigenvalue weighted by molar-refractivity contribution is 7.89. The van der Waals surface area contributed by atoms with Gasteiger partial charge in [-0.05, 0) is 36.0 Å². The van der Waals surface area contributed by atoms with E-state index in [2.05, 4.69) is 4.72 Å². The number of benzene rings is 1. The molecule has 0 atom stereocenters. The Balaban J connectivity index is 2.22. The van der Waals surface area contributed by atoms with Crippen LogP contribution in [0.3, 0.4) is 0 Å². The molecule has 0 heterocycles. The number of nitrogens with one attached hydrogen (secondary N) is 1. The van der Waals surface area contributed by atoms with Gasteiger partial charge in [-0.15, -0.1) is 0 Å². The summed E-state index contributed by atoms with van der Waals surface area (Å²) in [5, 5.41) is 0. The van der Waals surface area contributed by atoms with Gasteiger partial charge in [-0.2, -0.15) is 0 Å². The zero-order chi connectivity index (χ0) is 13.4. The fourth-order valence-electron chi connectivity index (χ4n) is 1.62. The normalized spacial score (nSPS) is 17.7. The molecule has 0 spiro atoms. The Kier molecular flexibility index (Phi) is 3.44. The molecule has 1 aliphatic rings. The lowest BCUT2D eigenvalue weighted by Crippen LogP contribution is -2.30. The van der Waals surface area contributed by atoms with Crippen LogP contribution in [0.15, 0.2) is 23.1 Å². The first-order valence-corrected chi connectivity index (χ1v) is 7.33. The third kappa shape index (κ3) is 2.88. The minimum atomic E-state index is -3.80. The van der Waals surface area contributed by atoms with E-state index in [0.29, 0.717) is 12.1 Å². The van der Waals surface area contributed by atoms with E-state index >= 15 is 0 Å². The van der Waals surface area contributed by atoms with E-state index in [0.717, 1.165) is 18.9 Å². The standard InChI is InChI=1S/C12H17FN2O2S/c1-12(4-5-12)8-15-18(16,17)11-6-9(7-14)2-3-10(11)13/h2-3,6,15H,4-5,7-8,14H2,1H3. The number of hydrogen-bond acceptors (Lipinski definition) is 3. The first-order chi connectivity index (χ1) is 8.36. The molecule has 0 amide bonds. The molecule has 4 nitrogen and oxygen atoms in total. The van der Waals surface area contributed by atoms with Crippen molar-refractivity contribution in [3.63, 3.8) is 0 Å². The second-order valence-corrected chi connectivity index (χ2v) is 6.84. The van der Waals surface area contributed by atoms with Gasteiger partial charge in [0.25, 0.3) is 0 Å². The molecule has 0 saturated heterocycles. The van der Waals surface area contributed by atoms with Crippen LogP contribution in [0.2, 0.25) is 0 Å². The summed E-state index contributed by atoms with van der Waals surface area (Å²) in [5.41, 5.74) is 6.06. The molecule has 1 saturated carbocycles. The quantitative estimate of drug-likeness (QED) is 0.850. The Hall–Kier alpha value is -0.980. The maximum Gasteiger partial charge on any atom is 0.243 e. The van der Waals surface area contributed by atoms with Gasteiger partial charge in [-0.1, -0.05) is 13.0 Å². The Morgan fingerprint density at radius 3 is 2.67 bits per heavy atom. The first kappa shape index (κ1) is 13.5. The van der Waals surface area contributed by atoms with Crippen molar-refractivity contribution in [1.82, 2.24) is 4.72 Å². The molecule has 18 heavy (non-hydrogen) atoms. The van der Waals surface area contributed by atoms with Crippen molar-refractivity contribution in [2.24, 2.45) is 11.1 Å². The van der Waals surface area contributed by atoms with Gasteiger partial charge in [0, 0.05) is 13.1 Å². The Morgan fingerprint density at radius 2 is 2.11 bits per heavy atom. The topological polar surface area (TPSA) is 72.2 Å². The van der Waals surface area contributed by atoms with E-state index in [1.54, 1.807) is 0 Å². The van der Waals surface area contributed by atoms with Crippen LogP contribution in [0.1, 0.15) is 25.3 Å². The molecule has 100 valence electrons. The van der Waals surface area contributed by atoms with E-state index < -0.39 is 15.8 Å². The van der Waals surface area contributed by atoms with E-state index in [1.807, 2.05) is 6.92 Å².